The van der Waals surface area contributed by atoms with Crippen molar-refractivity contribution < 1.29 is 4.79 Å². The largest absolute Gasteiger partial charge is 0.271 e. The van der Waals surface area contributed by atoms with Crippen molar-refractivity contribution in [2.24, 2.45) is 10.9 Å². The van der Waals surface area contributed by atoms with Gasteiger partial charge in [-0.1, -0.05) is 61.7 Å². The molecule has 4 rings (SSSR count). The zero-order chi connectivity index (χ0) is 17.8. The van der Waals surface area contributed by atoms with Gasteiger partial charge in [0.25, 0.3) is 5.91 Å². The number of allylic oxidation sites excluding steroid dienone is 1. The van der Waals surface area contributed by atoms with Crippen LogP contribution in [0.15, 0.2) is 76.6 Å². The zero-order valence-electron chi connectivity index (χ0n) is 14.7. The molecule has 0 aromatic heterocycles. The first-order valence-electron chi connectivity index (χ1n) is 9.24. The Morgan fingerprint density at radius 2 is 1.58 bits per heavy atom. The number of anilines is 1. The Kier molecular flexibility index (Phi) is 5.21. The Bertz CT molecular complexity index is 824. The molecule has 26 heavy (non-hydrogen) atoms. The highest BCUT2D eigenvalue weighted by Crippen LogP contribution is 2.38. The maximum Gasteiger partial charge on any atom is 0.271 e. The lowest BCUT2D eigenvalue weighted by atomic mass is 9.89. The van der Waals surface area contributed by atoms with Gasteiger partial charge in [-0.05, 0) is 54.8 Å². The third kappa shape index (κ3) is 3.75. The van der Waals surface area contributed by atoms with E-state index in [9.17, 15) is 4.79 Å². The van der Waals surface area contributed by atoms with E-state index >= 15 is 0 Å². The van der Waals surface area contributed by atoms with Crippen molar-refractivity contribution in [3.8, 4) is 0 Å². The summed E-state index contributed by atoms with van der Waals surface area (Å²) >= 11 is 1.50. The molecule has 0 bridgehead atoms. The standard InChI is InChI=1S/C22H22N2OS/c25-21-20(16-17-10-4-1-5-11-17)26-22(23-18-12-6-2-7-13-18)24(21)19-14-8-3-9-15-19/h2-3,6-9,12-17H,1,4-5,10-11H2. The van der Waals surface area contributed by atoms with E-state index in [1.165, 1.54) is 43.9 Å². The van der Waals surface area contributed by atoms with Crippen LogP contribution in [0, 0.1) is 5.92 Å². The fraction of sp³-hybridized carbons (Fsp3) is 0.273. The van der Waals surface area contributed by atoms with Crippen LogP contribution in [0.25, 0.3) is 0 Å². The fourth-order valence-electron chi connectivity index (χ4n) is 3.50. The van der Waals surface area contributed by atoms with Crippen LogP contribution in [-0.4, -0.2) is 11.1 Å². The molecule has 0 radical (unpaired) electrons. The molecule has 1 amide bonds. The summed E-state index contributed by atoms with van der Waals surface area (Å²) in [6.07, 6.45) is 8.41. The molecule has 4 heteroatoms. The fourth-order valence-corrected chi connectivity index (χ4v) is 4.56. The van der Waals surface area contributed by atoms with E-state index in [-0.39, 0.29) is 5.91 Å². The van der Waals surface area contributed by atoms with Crippen molar-refractivity contribution in [2.45, 2.75) is 32.1 Å². The molecule has 0 atom stereocenters. The predicted octanol–water partition coefficient (Wildman–Crippen LogP) is 5.92. The number of thioether (sulfide) groups is 1. The number of carbonyl (C=O) groups is 1. The molecule has 0 unspecified atom stereocenters. The molecule has 0 spiro atoms. The number of rotatable bonds is 3. The Morgan fingerprint density at radius 1 is 0.923 bits per heavy atom. The summed E-state index contributed by atoms with van der Waals surface area (Å²) in [4.78, 5) is 20.4. The van der Waals surface area contributed by atoms with Gasteiger partial charge in [0.05, 0.1) is 16.3 Å². The van der Waals surface area contributed by atoms with Crippen LogP contribution in [0.3, 0.4) is 0 Å². The van der Waals surface area contributed by atoms with E-state index in [1.807, 2.05) is 60.7 Å². The highest BCUT2D eigenvalue weighted by atomic mass is 32.2. The predicted molar refractivity (Wildman–Crippen MR) is 110 cm³/mol. The summed E-state index contributed by atoms with van der Waals surface area (Å²) in [6.45, 7) is 0. The highest BCUT2D eigenvalue weighted by molar-refractivity contribution is 8.19. The third-order valence-corrected chi connectivity index (χ3v) is 5.83. The number of para-hydroxylation sites is 2. The molecule has 0 N–H and O–H groups in total. The SMILES string of the molecule is O=C1C(=CC2CCCCC2)SC(=Nc2ccccc2)N1c1ccccc1. The molecule has 1 saturated heterocycles. The van der Waals surface area contributed by atoms with Crippen molar-refractivity contribution in [1.29, 1.82) is 0 Å². The monoisotopic (exact) mass is 362 g/mol. The lowest BCUT2D eigenvalue weighted by Crippen LogP contribution is -2.28. The average molecular weight is 362 g/mol. The smallest absolute Gasteiger partial charge is 0.268 e. The molecule has 132 valence electrons. The van der Waals surface area contributed by atoms with Crippen LogP contribution >= 0.6 is 11.8 Å². The van der Waals surface area contributed by atoms with Gasteiger partial charge in [-0.15, -0.1) is 0 Å². The number of amides is 1. The van der Waals surface area contributed by atoms with Gasteiger partial charge in [0.15, 0.2) is 5.17 Å². The first kappa shape index (κ1) is 17.1. The summed E-state index contributed by atoms with van der Waals surface area (Å²) in [7, 11) is 0. The number of amidine groups is 1. The van der Waals surface area contributed by atoms with Gasteiger partial charge in [0.1, 0.15) is 0 Å². The minimum absolute atomic E-state index is 0.0430. The number of hydrogen-bond acceptors (Lipinski definition) is 3. The minimum Gasteiger partial charge on any atom is -0.268 e. The topological polar surface area (TPSA) is 32.7 Å². The molecule has 2 aromatic rings. The van der Waals surface area contributed by atoms with Crippen LogP contribution in [0.2, 0.25) is 0 Å². The highest BCUT2D eigenvalue weighted by Gasteiger charge is 2.35. The number of hydrogen-bond donors (Lipinski definition) is 0. The van der Waals surface area contributed by atoms with Crippen molar-refractivity contribution in [1.82, 2.24) is 0 Å². The summed E-state index contributed by atoms with van der Waals surface area (Å²) in [5.41, 5.74) is 1.73. The second kappa shape index (κ2) is 7.92. The molecule has 1 aliphatic carbocycles. The first-order valence-corrected chi connectivity index (χ1v) is 10.1. The van der Waals surface area contributed by atoms with Crippen LogP contribution in [0.4, 0.5) is 11.4 Å². The maximum atomic E-state index is 13.1. The molecule has 2 aliphatic rings. The third-order valence-electron chi connectivity index (χ3n) is 4.84. The van der Waals surface area contributed by atoms with Gasteiger partial charge in [-0.25, -0.2) is 4.99 Å². The number of aliphatic imine (C=N–C) groups is 1. The van der Waals surface area contributed by atoms with E-state index in [0.29, 0.717) is 5.92 Å². The van der Waals surface area contributed by atoms with E-state index in [4.69, 9.17) is 4.99 Å². The van der Waals surface area contributed by atoms with Crippen molar-refractivity contribution >= 4 is 34.2 Å². The lowest BCUT2D eigenvalue weighted by molar-refractivity contribution is -0.113. The molecular weight excluding hydrogens is 340 g/mol. The van der Waals surface area contributed by atoms with E-state index in [1.54, 1.807) is 4.90 Å². The summed E-state index contributed by atoms with van der Waals surface area (Å²) in [5.74, 6) is 0.561. The second-order valence-corrected chi connectivity index (χ2v) is 7.75. The first-order chi connectivity index (χ1) is 12.8. The molecule has 1 aliphatic heterocycles. The van der Waals surface area contributed by atoms with Crippen molar-refractivity contribution in [3.05, 3.63) is 71.6 Å². The minimum atomic E-state index is 0.0430. The molecule has 1 saturated carbocycles. The van der Waals surface area contributed by atoms with Gasteiger partial charge in [-0.3, -0.25) is 9.69 Å². The van der Waals surface area contributed by atoms with Gasteiger partial charge in [0.2, 0.25) is 0 Å². The van der Waals surface area contributed by atoms with Crippen LogP contribution in [-0.2, 0) is 4.79 Å². The average Bonchev–Trinajstić information content (AvgIpc) is 2.99. The number of carbonyl (C=O) groups excluding carboxylic acids is 1. The molecule has 3 nitrogen and oxygen atoms in total. The van der Waals surface area contributed by atoms with Crippen LogP contribution in [0.5, 0.6) is 0 Å². The Labute approximate surface area is 158 Å². The molecule has 1 heterocycles. The normalized spacial score (nSPS) is 21.7. The molecule has 2 aromatic carbocycles. The summed E-state index contributed by atoms with van der Waals surface area (Å²) < 4.78 is 0. The van der Waals surface area contributed by atoms with Crippen LogP contribution in [0.1, 0.15) is 32.1 Å². The Morgan fingerprint density at radius 3 is 2.27 bits per heavy atom. The maximum absolute atomic E-state index is 13.1. The number of nitrogens with zero attached hydrogens (tertiary/aromatic N) is 2. The Balaban J connectivity index is 1.69. The van der Waals surface area contributed by atoms with E-state index in [2.05, 4.69) is 6.08 Å². The van der Waals surface area contributed by atoms with Crippen molar-refractivity contribution in [3.63, 3.8) is 0 Å². The quantitative estimate of drug-likeness (QED) is 0.635. The van der Waals surface area contributed by atoms with Gasteiger partial charge in [-0.2, -0.15) is 0 Å². The van der Waals surface area contributed by atoms with Crippen LogP contribution < -0.4 is 4.90 Å². The second-order valence-electron chi connectivity index (χ2n) is 6.74. The van der Waals surface area contributed by atoms with E-state index < -0.39 is 0 Å². The molecular formula is C22H22N2OS. The summed E-state index contributed by atoms with van der Waals surface area (Å²) in [5, 5.41) is 0.731. The van der Waals surface area contributed by atoms with Crippen molar-refractivity contribution in [2.75, 3.05) is 4.90 Å². The molecule has 2 fully saturated rings. The lowest BCUT2D eigenvalue weighted by Gasteiger charge is -2.18. The number of benzene rings is 2. The van der Waals surface area contributed by atoms with Gasteiger partial charge in [0, 0.05) is 0 Å². The summed E-state index contributed by atoms with van der Waals surface area (Å²) in [6, 6.07) is 19.6. The van der Waals surface area contributed by atoms with Gasteiger partial charge >= 0.3 is 0 Å². The zero-order valence-corrected chi connectivity index (χ0v) is 15.5. The van der Waals surface area contributed by atoms with Gasteiger partial charge < -0.3 is 0 Å². The van der Waals surface area contributed by atoms with E-state index in [0.717, 1.165) is 21.4 Å². The Hall–Kier alpha value is -2.33.